The normalized spacial score (nSPS) is 10.9. The van der Waals surface area contributed by atoms with Crippen LogP contribution in [0, 0.1) is 6.92 Å². The summed E-state index contributed by atoms with van der Waals surface area (Å²) in [6.07, 6.45) is 1.54. The highest BCUT2D eigenvalue weighted by molar-refractivity contribution is 5.82. The van der Waals surface area contributed by atoms with Crippen LogP contribution in [0.2, 0.25) is 0 Å². The number of nitrogens with zero attached hydrogens (tertiary/aromatic N) is 4. The van der Waals surface area contributed by atoms with Crippen LogP contribution < -0.4 is 22.3 Å². The Morgan fingerprint density at radius 3 is 2.37 bits per heavy atom. The van der Waals surface area contributed by atoms with Gasteiger partial charge in [0, 0.05) is 12.7 Å². The van der Waals surface area contributed by atoms with E-state index in [-0.39, 0.29) is 11.5 Å². The maximum absolute atomic E-state index is 12.9. The summed E-state index contributed by atoms with van der Waals surface area (Å²) in [6, 6.07) is 16.9. The number of hydrogen-bond acceptors (Lipinski definition) is 4. The van der Waals surface area contributed by atoms with E-state index in [4.69, 9.17) is 11.5 Å². The minimum atomic E-state index is -0.111. The number of benzene rings is 2. The van der Waals surface area contributed by atoms with Crippen molar-refractivity contribution in [1.82, 2.24) is 9.36 Å². The van der Waals surface area contributed by atoms with Crippen molar-refractivity contribution >= 4 is 23.5 Å². The highest BCUT2D eigenvalue weighted by atomic mass is 16.1. The highest BCUT2D eigenvalue weighted by Gasteiger charge is 2.15. The van der Waals surface area contributed by atoms with E-state index in [0.29, 0.717) is 5.69 Å². The van der Waals surface area contributed by atoms with E-state index in [2.05, 4.69) is 15.5 Å². The van der Waals surface area contributed by atoms with Crippen LogP contribution in [-0.2, 0) is 7.05 Å². The molecule has 3 aromatic rings. The van der Waals surface area contributed by atoms with Gasteiger partial charge in [0.25, 0.3) is 5.56 Å². The van der Waals surface area contributed by atoms with Gasteiger partial charge in [-0.3, -0.25) is 9.48 Å². The van der Waals surface area contributed by atoms with Crippen molar-refractivity contribution in [3.8, 4) is 5.69 Å². The maximum atomic E-state index is 12.9. The third-order valence-corrected chi connectivity index (χ3v) is 4.11. The Balaban J connectivity index is 1.87. The average molecular weight is 363 g/mol. The summed E-state index contributed by atoms with van der Waals surface area (Å²) in [5.74, 6) is -0.0983. The fourth-order valence-electron chi connectivity index (χ4n) is 2.67. The van der Waals surface area contributed by atoms with Crippen LogP contribution in [0.3, 0.4) is 0 Å². The molecule has 27 heavy (non-hydrogen) atoms. The number of guanidine groups is 1. The molecule has 0 bridgehead atoms. The van der Waals surface area contributed by atoms with Crippen LogP contribution in [0.4, 0.5) is 11.4 Å². The van der Waals surface area contributed by atoms with Gasteiger partial charge >= 0.3 is 0 Å². The molecule has 0 spiro atoms. The van der Waals surface area contributed by atoms with E-state index < -0.39 is 0 Å². The summed E-state index contributed by atoms with van der Waals surface area (Å²) in [7, 11) is 1.86. The van der Waals surface area contributed by atoms with Gasteiger partial charge < -0.3 is 16.8 Å². The predicted molar refractivity (Wildman–Crippen MR) is 109 cm³/mol. The molecule has 1 aromatic heterocycles. The molecule has 0 fully saturated rings. The van der Waals surface area contributed by atoms with Crippen molar-refractivity contribution in [3.63, 3.8) is 0 Å². The van der Waals surface area contributed by atoms with Gasteiger partial charge in [0.1, 0.15) is 5.69 Å². The molecule has 2 aromatic carbocycles. The third kappa shape index (κ3) is 3.90. The first-order valence-electron chi connectivity index (χ1n) is 8.30. The van der Waals surface area contributed by atoms with Crippen LogP contribution in [0.25, 0.3) is 5.69 Å². The fourth-order valence-corrected chi connectivity index (χ4v) is 2.67. The van der Waals surface area contributed by atoms with Crippen LogP contribution >= 0.6 is 0 Å². The zero-order valence-electron chi connectivity index (χ0n) is 15.1. The molecule has 1 heterocycles. The van der Waals surface area contributed by atoms with Gasteiger partial charge in [0.15, 0.2) is 0 Å². The largest absolute Gasteiger partial charge is 0.369 e. The summed E-state index contributed by atoms with van der Waals surface area (Å²) < 4.78 is 3.46. The quantitative estimate of drug-likeness (QED) is 0.364. The first-order valence-corrected chi connectivity index (χ1v) is 8.30. The SMILES string of the molecule is Cc1c(Nc2ccc(C=NN=C(N)N)cc2)c(=O)n(-c2ccccc2)n1C. The summed E-state index contributed by atoms with van der Waals surface area (Å²) in [5.41, 5.74) is 14.1. The lowest BCUT2D eigenvalue weighted by molar-refractivity contribution is 0.630. The minimum Gasteiger partial charge on any atom is -0.369 e. The topological polar surface area (TPSA) is 116 Å². The van der Waals surface area contributed by atoms with Gasteiger partial charge in [-0.25, -0.2) is 4.68 Å². The Morgan fingerprint density at radius 1 is 1.07 bits per heavy atom. The number of aromatic nitrogens is 2. The monoisotopic (exact) mass is 363 g/mol. The van der Waals surface area contributed by atoms with E-state index in [1.165, 1.54) is 0 Å². The third-order valence-electron chi connectivity index (χ3n) is 4.11. The number of nitrogens with two attached hydrogens (primary N) is 2. The molecule has 0 aliphatic rings. The van der Waals surface area contributed by atoms with Gasteiger partial charge in [0.05, 0.1) is 17.6 Å². The van der Waals surface area contributed by atoms with Crippen LogP contribution in [0.1, 0.15) is 11.3 Å². The standard InChI is InChI=1S/C19H21N7O/c1-13-17(18(27)26(25(13)2)16-6-4-3-5-7-16)23-15-10-8-14(9-11-15)12-22-24-19(20)21/h3-12,23H,1-2H3,(H4,20,21,24). The van der Waals surface area contributed by atoms with Crippen molar-refractivity contribution in [2.45, 2.75) is 6.92 Å². The molecule has 0 amide bonds. The first kappa shape index (κ1) is 18.0. The fraction of sp³-hybridized carbons (Fsp3) is 0.105. The summed E-state index contributed by atoms with van der Waals surface area (Å²) in [6.45, 7) is 1.90. The van der Waals surface area contributed by atoms with E-state index in [1.54, 1.807) is 10.9 Å². The summed E-state index contributed by atoms with van der Waals surface area (Å²) >= 11 is 0. The molecule has 0 saturated heterocycles. The van der Waals surface area contributed by atoms with Gasteiger partial charge in [-0.15, -0.1) is 5.10 Å². The average Bonchev–Trinajstić information content (AvgIpc) is 2.87. The van der Waals surface area contributed by atoms with Gasteiger partial charge in [-0.1, -0.05) is 30.3 Å². The van der Waals surface area contributed by atoms with Crippen molar-refractivity contribution in [2.24, 2.45) is 28.7 Å². The molecule has 0 aliphatic carbocycles. The highest BCUT2D eigenvalue weighted by Crippen LogP contribution is 2.19. The summed E-state index contributed by atoms with van der Waals surface area (Å²) in [4.78, 5) is 12.9. The zero-order valence-corrected chi connectivity index (χ0v) is 15.1. The van der Waals surface area contributed by atoms with Crippen LogP contribution in [0.15, 0.2) is 69.6 Å². The van der Waals surface area contributed by atoms with E-state index in [9.17, 15) is 4.79 Å². The number of rotatable bonds is 5. The molecular formula is C19H21N7O. The molecule has 5 N–H and O–H groups in total. The second kappa shape index (κ2) is 7.61. The molecule has 0 radical (unpaired) electrons. The number of nitrogens with one attached hydrogen (secondary N) is 1. The van der Waals surface area contributed by atoms with Crippen LogP contribution in [-0.4, -0.2) is 21.5 Å². The van der Waals surface area contributed by atoms with Crippen molar-refractivity contribution < 1.29 is 0 Å². The molecule has 0 unspecified atom stereocenters. The van der Waals surface area contributed by atoms with Crippen molar-refractivity contribution in [3.05, 3.63) is 76.2 Å². The zero-order chi connectivity index (χ0) is 19.4. The van der Waals surface area contributed by atoms with Gasteiger partial charge in [-0.05, 0) is 36.8 Å². The van der Waals surface area contributed by atoms with Crippen molar-refractivity contribution in [1.29, 1.82) is 0 Å². The van der Waals surface area contributed by atoms with E-state index in [0.717, 1.165) is 22.6 Å². The molecule has 0 saturated carbocycles. The van der Waals surface area contributed by atoms with Gasteiger partial charge in [0.2, 0.25) is 5.96 Å². The minimum absolute atomic E-state index is 0.0983. The Labute approximate surface area is 156 Å². The second-order valence-corrected chi connectivity index (χ2v) is 5.95. The van der Waals surface area contributed by atoms with Crippen molar-refractivity contribution in [2.75, 3.05) is 5.32 Å². The molecular weight excluding hydrogens is 342 g/mol. The summed E-state index contributed by atoms with van der Waals surface area (Å²) in [5, 5.41) is 10.5. The first-order chi connectivity index (χ1) is 13.0. The molecule has 138 valence electrons. The Hall–Kier alpha value is -3.81. The second-order valence-electron chi connectivity index (χ2n) is 5.95. The molecule has 8 heteroatoms. The number of anilines is 2. The predicted octanol–water partition coefficient (Wildman–Crippen LogP) is 1.84. The number of hydrogen-bond donors (Lipinski definition) is 3. The molecule has 8 nitrogen and oxygen atoms in total. The lowest BCUT2D eigenvalue weighted by Gasteiger charge is -2.07. The lowest BCUT2D eigenvalue weighted by Crippen LogP contribution is -2.21. The smallest absolute Gasteiger partial charge is 0.295 e. The number of para-hydroxylation sites is 1. The van der Waals surface area contributed by atoms with E-state index in [1.807, 2.05) is 73.3 Å². The Morgan fingerprint density at radius 2 is 1.74 bits per heavy atom. The molecule has 0 aliphatic heterocycles. The molecule has 0 atom stereocenters. The lowest BCUT2D eigenvalue weighted by atomic mass is 10.2. The Kier molecular flexibility index (Phi) is 5.07. The van der Waals surface area contributed by atoms with Crippen LogP contribution in [0.5, 0.6) is 0 Å². The van der Waals surface area contributed by atoms with E-state index >= 15 is 0 Å². The Bertz CT molecular complexity index is 1040. The molecule has 3 rings (SSSR count). The maximum Gasteiger partial charge on any atom is 0.295 e. The van der Waals surface area contributed by atoms with Gasteiger partial charge in [-0.2, -0.15) is 5.10 Å².